The fraction of sp³-hybridized carbons (Fsp3) is 0.357. The van der Waals surface area contributed by atoms with E-state index in [1.165, 1.54) is 23.1 Å². The lowest BCUT2D eigenvalue weighted by Crippen LogP contribution is -2.24. The Kier molecular flexibility index (Phi) is 5.61. The van der Waals surface area contributed by atoms with Gasteiger partial charge in [-0.3, -0.25) is 4.79 Å². The molecule has 0 bridgehead atoms. The summed E-state index contributed by atoms with van der Waals surface area (Å²) in [5, 5.41) is 12.3. The van der Waals surface area contributed by atoms with Crippen LogP contribution in [0.25, 0.3) is 0 Å². The van der Waals surface area contributed by atoms with Crippen molar-refractivity contribution < 1.29 is 4.79 Å². The molecule has 0 spiro atoms. The van der Waals surface area contributed by atoms with E-state index in [9.17, 15) is 4.79 Å². The molecule has 0 radical (unpaired) electrons. The van der Waals surface area contributed by atoms with Gasteiger partial charge in [-0.15, -0.1) is 10.2 Å². The van der Waals surface area contributed by atoms with E-state index in [2.05, 4.69) is 15.5 Å². The molecule has 1 aromatic heterocycles. The number of rotatable bonds is 5. The number of nitrogens with one attached hydrogen (secondary N) is 1. The van der Waals surface area contributed by atoms with Crippen LogP contribution in [0.2, 0.25) is 5.02 Å². The number of amides is 1. The topological polar surface area (TPSA) is 54.9 Å². The van der Waals surface area contributed by atoms with Crippen molar-refractivity contribution in [3.8, 4) is 0 Å². The molecule has 112 valence electrons. The zero-order valence-electron chi connectivity index (χ0n) is 12.0. The summed E-state index contributed by atoms with van der Waals surface area (Å²) >= 11 is 9.01. The fourth-order valence-electron chi connectivity index (χ4n) is 1.66. The van der Waals surface area contributed by atoms with Gasteiger partial charge in [0.25, 0.3) is 0 Å². The maximum atomic E-state index is 12.3. The largest absolute Gasteiger partial charge is 0.325 e. The third-order valence-corrected chi connectivity index (χ3v) is 5.55. The van der Waals surface area contributed by atoms with Crippen molar-refractivity contribution in [3.63, 3.8) is 0 Å². The summed E-state index contributed by atoms with van der Waals surface area (Å²) in [6.07, 6.45) is 0.717. The molecule has 4 nitrogen and oxygen atoms in total. The Morgan fingerprint density at radius 2 is 2.19 bits per heavy atom. The lowest BCUT2D eigenvalue weighted by Gasteiger charge is -2.13. The van der Waals surface area contributed by atoms with Crippen molar-refractivity contribution in [1.29, 1.82) is 0 Å². The van der Waals surface area contributed by atoms with Crippen LogP contribution >= 0.6 is 34.7 Å². The minimum Gasteiger partial charge on any atom is -0.325 e. The lowest BCUT2D eigenvalue weighted by molar-refractivity contribution is -0.115. The minimum absolute atomic E-state index is 0.0460. The monoisotopic (exact) mass is 341 g/mol. The fourth-order valence-corrected chi connectivity index (χ4v) is 3.83. The number of anilines is 1. The van der Waals surface area contributed by atoms with Gasteiger partial charge in [0, 0.05) is 10.7 Å². The van der Waals surface area contributed by atoms with Crippen LogP contribution in [0.15, 0.2) is 22.5 Å². The van der Waals surface area contributed by atoms with E-state index in [4.69, 9.17) is 11.6 Å². The average Bonchev–Trinajstić information content (AvgIpc) is 2.85. The van der Waals surface area contributed by atoms with Crippen LogP contribution in [0.1, 0.15) is 23.9 Å². The zero-order valence-corrected chi connectivity index (χ0v) is 14.4. The van der Waals surface area contributed by atoms with Gasteiger partial charge in [0.15, 0.2) is 4.34 Å². The Labute approximate surface area is 137 Å². The number of nitrogens with zero attached hydrogens (tertiary/aromatic N) is 2. The third kappa shape index (κ3) is 4.43. The van der Waals surface area contributed by atoms with Gasteiger partial charge in [-0.1, -0.05) is 47.7 Å². The molecule has 1 atom stereocenters. The molecule has 0 saturated heterocycles. The van der Waals surface area contributed by atoms with Crippen LogP contribution in [0.3, 0.4) is 0 Å². The van der Waals surface area contributed by atoms with Crippen LogP contribution in [-0.2, 0) is 4.79 Å². The quantitative estimate of drug-likeness (QED) is 0.823. The Balaban J connectivity index is 2.04. The highest BCUT2D eigenvalue weighted by Crippen LogP contribution is 2.29. The molecule has 21 heavy (non-hydrogen) atoms. The van der Waals surface area contributed by atoms with E-state index in [-0.39, 0.29) is 11.2 Å². The first-order valence-electron chi connectivity index (χ1n) is 6.53. The molecule has 0 saturated carbocycles. The van der Waals surface area contributed by atoms with E-state index in [1.54, 1.807) is 6.07 Å². The first-order chi connectivity index (χ1) is 9.99. The van der Waals surface area contributed by atoms with E-state index in [0.717, 1.165) is 14.9 Å². The molecule has 1 unspecified atom stereocenters. The van der Waals surface area contributed by atoms with Gasteiger partial charge < -0.3 is 5.32 Å². The molecule has 1 heterocycles. The van der Waals surface area contributed by atoms with Gasteiger partial charge in [-0.05, 0) is 38.0 Å². The molecule has 0 aliphatic carbocycles. The molecule has 2 aromatic rings. The second kappa shape index (κ2) is 7.24. The SMILES string of the molecule is CCC(Sc1nnc(C)s1)C(=O)Nc1ccc(C)c(Cl)c1. The molecule has 2 rings (SSSR count). The van der Waals surface area contributed by atoms with Crippen LogP contribution in [-0.4, -0.2) is 21.4 Å². The van der Waals surface area contributed by atoms with Crippen LogP contribution < -0.4 is 5.32 Å². The van der Waals surface area contributed by atoms with Crippen molar-refractivity contribution >= 4 is 46.3 Å². The minimum atomic E-state index is -0.197. The predicted molar refractivity (Wildman–Crippen MR) is 89.4 cm³/mol. The smallest absolute Gasteiger partial charge is 0.237 e. The van der Waals surface area contributed by atoms with Crippen molar-refractivity contribution in [2.75, 3.05) is 5.32 Å². The normalized spacial score (nSPS) is 12.2. The molecule has 0 fully saturated rings. The first kappa shape index (κ1) is 16.3. The van der Waals surface area contributed by atoms with E-state index in [0.29, 0.717) is 17.1 Å². The Morgan fingerprint density at radius 3 is 2.76 bits per heavy atom. The van der Waals surface area contributed by atoms with Gasteiger partial charge in [-0.2, -0.15) is 0 Å². The van der Waals surface area contributed by atoms with Crippen molar-refractivity contribution in [1.82, 2.24) is 10.2 Å². The van der Waals surface area contributed by atoms with Crippen LogP contribution in [0.4, 0.5) is 5.69 Å². The summed E-state index contributed by atoms with van der Waals surface area (Å²) in [5.41, 5.74) is 1.70. The molecular formula is C14H16ClN3OS2. The summed E-state index contributed by atoms with van der Waals surface area (Å²) in [6, 6.07) is 5.51. The van der Waals surface area contributed by atoms with Gasteiger partial charge in [-0.25, -0.2) is 0 Å². The van der Waals surface area contributed by atoms with Crippen LogP contribution in [0.5, 0.6) is 0 Å². The standard InChI is InChI=1S/C14H16ClN3OS2/c1-4-12(21-14-18-17-9(3)20-14)13(19)16-10-6-5-8(2)11(15)7-10/h5-7,12H,4H2,1-3H3,(H,16,19). The number of hydrogen-bond donors (Lipinski definition) is 1. The number of benzene rings is 1. The van der Waals surface area contributed by atoms with Gasteiger partial charge in [0.05, 0.1) is 5.25 Å². The first-order valence-corrected chi connectivity index (χ1v) is 8.60. The van der Waals surface area contributed by atoms with Gasteiger partial charge >= 0.3 is 0 Å². The number of aryl methyl sites for hydroxylation is 2. The number of hydrogen-bond acceptors (Lipinski definition) is 5. The van der Waals surface area contributed by atoms with Crippen molar-refractivity contribution in [2.45, 2.75) is 36.8 Å². The molecule has 1 amide bonds. The Bertz CT molecular complexity index is 645. The number of carbonyl (C=O) groups is 1. The Morgan fingerprint density at radius 1 is 1.43 bits per heavy atom. The highest BCUT2D eigenvalue weighted by Gasteiger charge is 2.20. The highest BCUT2D eigenvalue weighted by atomic mass is 35.5. The van der Waals surface area contributed by atoms with Crippen molar-refractivity contribution in [3.05, 3.63) is 33.8 Å². The van der Waals surface area contributed by atoms with Crippen LogP contribution in [0, 0.1) is 13.8 Å². The maximum absolute atomic E-state index is 12.3. The molecule has 0 aliphatic rings. The molecular weight excluding hydrogens is 326 g/mol. The maximum Gasteiger partial charge on any atom is 0.237 e. The Hall–Kier alpha value is -1.11. The molecule has 7 heteroatoms. The van der Waals surface area contributed by atoms with Gasteiger partial charge in [0.2, 0.25) is 5.91 Å². The molecule has 0 aliphatic heterocycles. The summed E-state index contributed by atoms with van der Waals surface area (Å²) in [5.74, 6) is -0.0460. The molecule has 1 aromatic carbocycles. The second-order valence-corrected chi connectivity index (χ2v) is 7.59. The van der Waals surface area contributed by atoms with E-state index in [1.807, 2.05) is 32.9 Å². The van der Waals surface area contributed by atoms with E-state index < -0.39 is 0 Å². The van der Waals surface area contributed by atoms with E-state index >= 15 is 0 Å². The number of aromatic nitrogens is 2. The molecule has 1 N–H and O–H groups in total. The van der Waals surface area contributed by atoms with Crippen molar-refractivity contribution in [2.24, 2.45) is 0 Å². The average molecular weight is 342 g/mol. The summed E-state index contributed by atoms with van der Waals surface area (Å²) in [6.45, 7) is 5.81. The summed E-state index contributed by atoms with van der Waals surface area (Å²) in [7, 11) is 0. The summed E-state index contributed by atoms with van der Waals surface area (Å²) in [4.78, 5) is 12.3. The highest BCUT2D eigenvalue weighted by molar-refractivity contribution is 8.02. The summed E-state index contributed by atoms with van der Waals surface area (Å²) < 4.78 is 0.816. The lowest BCUT2D eigenvalue weighted by atomic mass is 10.2. The zero-order chi connectivity index (χ0) is 15.4. The predicted octanol–water partition coefficient (Wildman–Crippen LogP) is 4.32. The van der Waals surface area contributed by atoms with Gasteiger partial charge in [0.1, 0.15) is 5.01 Å². The number of carbonyl (C=O) groups excluding carboxylic acids is 1. The number of thioether (sulfide) groups is 1. The number of halogens is 1. The third-order valence-electron chi connectivity index (χ3n) is 2.85. The second-order valence-electron chi connectivity index (χ2n) is 4.55.